The van der Waals surface area contributed by atoms with Crippen molar-refractivity contribution in [3.63, 3.8) is 0 Å². The van der Waals surface area contributed by atoms with E-state index in [9.17, 15) is 14.5 Å². The molecule has 2 rings (SSSR count). The van der Waals surface area contributed by atoms with Gasteiger partial charge in [-0.2, -0.15) is 0 Å². The van der Waals surface area contributed by atoms with Gasteiger partial charge in [-0.25, -0.2) is 9.37 Å². The van der Waals surface area contributed by atoms with Crippen LogP contribution in [0.15, 0.2) is 30.3 Å². The molecule has 0 atom stereocenters. The van der Waals surface area contributed by atoms with Crippen LogP contribution >= 0.6 is 11.6 Å². The van der Waals surface area contributed by atoms with Crippen molar-refractivity contribution in [1.82, 2.24) is 4.98 Å². The van der Waals surface area contributed by atoms with E-state index in [1.807, 2.05) is 0 Å². The molecule has 0 amide bonds. The van der Waals surface area contributed by atoms with E-state index in [0.717, 1.165) is 12.1 Å². The van der Waals surface area contributed by atoms with Crippen molar-refractivity contribution >= 4 is 34.6 Å². The number of nitro groups is 1. The lowest BCUT2D eigenvalue weighted by molar-refractivity contribution is -0.384. The highest BCUT2D eigenvalue weighted by Gasteiger charge is 2.10. The van der Waals surface area contributed by atoms with Gasteiger partial charge in [0.1, 0.15) is 17.5 Å². The van der Waals surface area contributed by atoms with Crippen LogP contribution in [-0.4, -0.2) is 9.91 Å². The summed E-state index contributed by atoms with van der Waals surface area (Å²) in [6, 6.07) is 6.10. The second-order valence-corrected chi connectivity index (χ2v) is 4.11. The number of anilines is 3. The molecule has 19 heavy (non-hydrogen) atoms. The first kappa shape index (κ1) is 13.0. The number of benzene rings is 1. The second kappa shape index (κ2) is 5.07. The molecule has 0 aliphatic rings. The van der Waals surface area contributed by atoms with Crippen LogP contribution in [0.5, 0.6) is 0 Å². The Morgan fingerprint density at radius 3 is 2.68 bits per heavy atom. The lowest BCUT2D eigenvalue weighted by Crippen LogP contribution is -2.00. The van der Waals surface area contributed by atoms with Crippen molar-refractivity contribution in [2.75, 3.05) is 11.1 Å². The van der Waals surface area contributed by atoms with Gasteiger partial charge in [0.25, 0.3) is 5.69 Å². The van der Waals surface area contributed by atoms with Crippen LogP contribution in [0.1, 0.15) is 0 Å². The molecule has 0 bridgehead atoms. The van der Waals surface area contributed by atoms with Crippen molar-refractivity contribution < 1.29 is 9.31 Å². The molecule has 0 aliphatic carbocycles. The van der Waals surface area contributed by atoms with E-state index in [4.69, 9.17) is 17.3 Å². The summed E-state index contributed by atoms with van der Waals surface area (Å²) < 4.78 is 13.1. The van der Waals surface area contributed by atoms with Crippen LogP contribution in [-0.2, 0) is 0 Å². The zero-order valence-corrected chi connectivity index (χ0v) is 10.2. The van der Waals surface area contributed by atoms with Crippen LogP contribution in [0, 0.1) is 15.9 Å². The summed E-state index contributed by atoms with van der Waals surface area (Å²) in [4.78, 5) is 14.0. The lowest BCUT2D eigenvalue weighted by atomic mass is 10.3. The number of halogens is 2. The maximum Gasteiger partial charge on any atom is 0.276 e. The molecule has 0 aliphatic heterocycles. The number of pyridine rings is 1. The molecule has 8 heteroatoms. The first-order valence-corrected chi connectivity index (χ1v) is 5.47. The third-order valence-electron chi connectivity index (χ3n) is 2.18. The monoisotopic (exact) mass is 282 g/mol. The minimum absolute atomic E-state index is 0.0146. The number of aromatic nitrogens is 1. The predicted molar refractivity (Wildman–Crippen MR) is 70.0 cm³/mol. The molecule has 3 N–H and O–H groups in total. The summed E-state index contributed by atoms with van der Waals surface area (Å²) >= 11 is 5.70. The van der Waals surface area contributed by atoms with Crippen LogP contribution in [0.25, 0.3) is 0 Å². The zero-order chi connectivity index (χ0) is 14.0. The Labute approximate surface area is 112 Å². The molecule has 98 valence electrons. The maximum atomic E-state index is 13.1. The van der Waals surface area contributed by atoms with E-state index in [0.29, 0.717) is 5.69 Å². The minimum Gasteiger partial charge on any atom is -0.383 e. The van der Waals surface area contributed by atoms with Gasteiger partial charge < -0.3 is 11.1 Å². The summed E-state index contributed by atoms with van der Waals surface area (Å²) in [6.45, 7) is 0. The summed E-state index contributed by atoms with van der Waals surface area (Å²) in [6.07, 6.45) is 0. The van der Waals surface area contributed by atoms with Gasteiger partial charge in [0.05, 0.1) is 17.1 Å². The summed E-state index contributed by atoms with van der Waals surface area (Å²) in [5, 5.41) is 13.6. The number of nitrogens with zero attached hydrogens (tertiary/aromatic N) is 2. The molecule has 1 aromatic heterocycles. The van der Waals surface area contributed by atoms with Crippen LogP contribution in [0.4, 0.5) is 27.4 Å². The van der Waals surface area contributed by atoms with E-state index in [2.05, 4.69) is 10.3 Å². The molecule has 2 aromatic rings. The summed E-state index contributed by atoms with van der Waals surface area (Å²) in [5.74, 6) is -0.416. The highest BCUT2D eigenvalue weighted by Crippen LogP contribution is 2.24. The minimum atomic E-state index is -0.595. The molecule has 0 fully saturated rings. The molecule has 1 aromatic carbocycles. The van der Waals surface area contributed by atoms with Gasteiger partial charge in [-0.15, -0.1) is 0 Å². The number of hydrogen-bond donors (Lipinski definition) is 2. The molecule has 6 nitrogen and oxygen atoms in total. The van der Waals surface area contributed by atoms with Gasteiger partial charge in [-0.05, 0) is 18.2 Å². The fourth-order valence-corrected chi connectivity index (χ4v) is 1.70. The zero-order valence-electron chi connectivity index (χ0n) is 9.43. The van der Waals surface area contributed by atoms with E-state index in [1.165, 1.54) is 18.2 Å². The highest BCUT2D eigenvalue weighted by molar-refractivity contribution is 6.30. The molecular weight excluding hydrogens is 275 g/mol. The van der Waals surface area contributed by atoms with Gasteiger partial charge in [-0.1, -0.05) is 11.6 Å². The van der Waals surface area contributed by atoms with Crippen molar-refractivity contribution in [3.05, 3.63) is 51.3 Å². The first-order chi connectivity index (χ1) is 8.94. The Morgan fingerprint density at radius 2 is 2.05 bits per heavy atom. The average molecular weight is 283 g/mol. The predicted octanol–water partition coefficient (Wildman–Crippen LogP) is 3.11. The van der Waals surface area contributed by atoms with Gasteiger partial charge in [-0.3, -0.25) is 10.1 Å². The third kappa shape index (κ3) is 3.29. The number of nitrogens with two attached hydrogens (primary N) is 1. The molecule has 0 spiro atoms. The normalized spacial score (nSPS) is 10.2. The van der Waals surface area contributed by atoms with Crippen LogP contribution in [0.3, 0.4) is 0 Å². The van der Waals surface area contributed by atoms with Gasteiger partial charge in [0.15, 0.2) is 0 Å². The van der Waals surface area contributed by atoms with E-state index >= 15 is 0 Å². The van der Waals surface area contributed by atoms with Crippen molar-refractivity contribution in [3.8, 4) is 0 Å². The summed E-state index contributed by atoms with van der Waals surface area (Å²) in [7, 11) is 0. The van der Waals surface area contributed by atoms with Crippen molar-refractivity contribution in [1.29, 1.82) is 0 Å². The molecular formula is C11H8ClFN4O2. The smallest absolute Gasteiger partial charge is 0.276 e. The molecule has 0 saturated carbocycles. The van der Waals surface area contributed by atoms with Crippen molar-refractivity contribution in [2.24, 2.45) is 0 Å². The van der Waals surface area contributed by atoms with Crippen molar-refractivity contribution in [2.45, 2.75) is 0 Å². The highest BCUT2D eigenvalue weighted by atomic mass is 35.5. The lowest BCUT2D eigenvalue weighted by Gasteiger charge is -2.07. The topological polar surface area (TPSA) is 94.1 Å². The summed E-state index contributed by atoms with van der Waals surface area (Å²) in [5.41, 5.74) is 5.56. The second-order valence-electron chi connectivity index (χ2n) is 3.68. The Kier molecular flexibility index (Phi) is 3.48. The maximum absolute atomic E-state index is 13.1. The molecule has 0 radical (unpaired) electrons. The van der Waals surface area contributed by atoms with Crippen LogP contribution < -0.4 is 11.1 Å². The number of rotatable bonds is 3. The molecule has 0 unspecified atom stereocenters. The van der Waals surface area contributed by atoms with Gasteiger partial charge in [0, 0.05) is 10.7 Å². The largest absolute Gasteiger partial charge is 0.383 e. The van der Waals surface area contributed by atoms with E-state index < -0.39 is 10.7 Å². The Bertz CT molecular complexity index is 630. The quantitative estimate of drug-likeness (QED) is 0.666. The SMILES string of the molecule is Nc1cc([N+](=O)[O-])cc(Nc2cc(F)cc(Cl)c2)n1. The Hall–Kier alpha value is -2.41. The standard InChI is InChI=1S/C11H8ClFN4O2/c12-6-1-7(13)3-8(2-6)15-11-5-9(17(18)19)4-10(14)16-11/h1-5H,(H3,14,15,16). The van der Waals surface area contributed by atoms with Gasteiger partial charge >= 0.3 is 0 Å². The Balaban J connectivity index is 2.35. The first-order valence-electron chi connectivity index (χ1n) is 5.09. The number of hydrogen-bond acceptors (Lipinski definition) is 5. The number of nitrogens with one attached hydrogen (secondary N) is 1. The third-order valence-corrected chi connectivity index (χ3v) is 2.39. The van der Waals surface area contributed by atoms with Crippen LogP contribution in [0.2, 0.25) is 5.02 Å². The molecule has 1 heterocycles. The number of nitrogen functional groups attached to an aromatic ring is 1. The Morgan fingerprint density at radius 1 is 1.32 bits per heavy atom. The molecule has 0 saturated heterocycles. The van der Waals surface area contributed by atoms with E-state index in [-0.39, 0.29) is 22.3 Å². The fourth-order valence-electron chi connectivity index (χ4n) is 1.48. The van der Waals surface area contributed by atoms with E-state index in [1.54, 1.807) is 0 Å². The average Bonchev–Trinajstić information content (AvgIpc) is 2.26. The van der Waals surface area contributed by atoms with Gasteiger partial charge in [0.2, 0.25) is 0 Å². The fraction of sp³-hybridized carbons (Fsp3) is 0.